The van der Waals surface area contributed by atoms with Crippen molar-refractivity contribution in [3.63, 3.8) is 0 Å². The largest absolute Gasteiger partial charge is 0.493 e. The summed E-state index contributed by atoms with van der Waals surface area (Å²) in [5.74, 6) is 1.05. The summed E-state index contributed by atoms with van der Waals surface area (Å²) in [6.07, 6.45) is 5.90. The molecule has 94 valence electrons. The van der Waals surface area contributed by atoms with Crippen LogP contribution in [0.3, 0.4) is 0 Å². The van der Waals surface area contributed by atoms with E-state index in [0.717, 1.165) is 37.4 Å². The number of fused-ring (bicyclic) bond motifs is 1. The number of aryl methyl sites for hydroxylation is 2. The van der Waals surface area contributed by atoms with E-state index in [9.17, 15) is 0 Å². The Morgan fingerprint density at radius 3 is 3.17 bits per heavy atom. The Labute approximate surface area is 106 Å². The van der Waals surface area contributed by atoms with Crippen LogP contribution in [0.5, 0.6) is 5.75 Å². The highest BCUT2D eigenvalue weighted by atomic mass is 16.5. The molecule has 18 heavy (non-hydrogen) atoms. The topological polar surface area (TPSA) is 53.1 Å². The molecule has 0 saturated carbocycles. The minimum atomic E-state index is 0.503. The minimum absolute atomic E-state index is 0.503. The molecule has 0 amide bonds. The van der Waals surface area contributed by atoms with E-state index in [2.05, 4.69) is 27.8 Å². The fourth-order valence-electron chi connectivity index (χ4n) is 2.29. The van der Waals surface area contributed by atoms with E-state index in [4.69, 9.17) is 10.5 Å². The molecule has 0 spiro atoms. The molecule has 1 aliphatic heterocycles. The normalized spacial score (nSPS) is 13.4. The summed E-state index contributed by atoms with van der Waals surface area (Å²) in [7, 11) is 0. The number of imidazole rings is 1. The van der Waals surface area contributed by atoms with E-state index >= 15 is 0 Å². The van der Waals surface area contributed by atoms with Crippen LogP contribution in [0.2, 0.25) is 0 Å². The van der Waals surface area contributed by atoms with Gasteiger partial charge in [0, 0.05) is 25.7 Å². The number of nitrogens with zero attached hydrogens (tertiary/aromatic N) is 2. The van der Waals surface area contributed by atoms with Gasteiger partial charge in [0.1, 0.15) is 5.75 Å². The summed E-state index contributed by atoms with van der Waals surface area (Å²) in [6, 6.07) is 6.48. The van der Waals surface area contributed by atoms with Gasteiger partial charge >= 0.3 is 0 Å². The average Bonchev–Trinajstić information content (AvgIpc) is 3.04. The first kappa shape index (κ1) is 11.3. The Bertz CT molecular complexity index is 548. The summed E-state index contributed by atoms with van der Waals surface area (Å²) >= 11 is 0. The highest BCUT2D eigenvalue weighted by molar-refractivity contribution is 5.39. The zero-order chi connectivity index (χ0) is 12.4. The van der Waals surface area contributed by atoms with Crippen LogP contribution >= 0.6 is 0 Å². The van der Waals surface area contributed by atoms with Gasteiger partial charge in [0.25, 0.3) is 0 Å². The van der Waals surface area contributed by atoms with Crippen LogP contribution in [0, 0.1) is 0 Å². The van der Waals surface area contributed by atoms with Crippen molar-refractivity contribution in [2.24, 2.45) is 5.73 Å². The summed E-state index contributed by atoms with van der Waals surface area (Å²) in [6.45, 7) is 2.26. The van der Waals surface area contributed by atoms with Crippen molar-refractivity contribution in [3.8, 4) is 5.75 Å². The number of hydrogen-bond acceptors (Lipinski definition) is 3. The van der Waals surface area contributed by atoms with Crippen molar-refractivity contribution >= 4 is 0 Å². The van der Waals surface area contributed by atoms with E-state index in [-0.39, 0.29) is 0 Å². The lowest BCUT2D eigenvalue weighted by Crippen LogP contribution is -2.00. The fraction of sp³-hybridized carbons (Fsp3) is 0.357. The average molecular weight is 243 g/mol. The molecule has 0 fully saturated rings. The van der Waals surface area contributed by atoms with E-state index in [1.807, 2.05) is 12.5 Å². The van der Waals surface area contributed by atoms with Crippen LogP contribution < -0.4 is 10.5 Å². The lowest BCUT2D eigenvalue weighted by molar-refractivity contribution is 0.357. The van der Waals surface area contributed by atoms with Gasteiger partial charge < -0.3 is 15.0 Å². The van der Waals surface area contributed by atoms with Gasteiger partial charge in [0.05, 0.1) is 18.6 Å². The van der Waals surface area contributed by atoms with Crippen molar-refractivity contribution in [2.45, 2.75) is 25.9 Å². The quantitative estimate of drug-likeness (QED) is 0.885. The van der Waals surface area contributed by atoms with Crippen LogP contribution in [0.25, 0.3) is 0 Å². The van der Waals surface area contributed by atoms with Crippen molar-refractivity contribution in [1.29, 1.82) is 0 Å². The SMILES string of the molecule is NCc1cn(CCc2ccc3c(c2)CCO3)cn1. The molecule has 0 atom stereocenters. The van der Waals surface area contributed by atoms with Gasteiger partial charge in [-0.1, -0.05) is 12.1 Å². The molecule has 1 aromatic heterocycles. The molecular weight excluding hydrogens is 226 g/mol. The lowest BCUT2D eigenvalue weighted by Gasteiger charge is -2.05. The molecule has 0 aliphatic carbocycles. The second-order valence-electron chi connectivity index (χ2n) is 4.60. The fourth-order valence-corrected chi connectivity index (χ4v) is 2.29. The number of rotatable bonds is 4. The molecule has 0 saturated heterocycles. The van der Waals surface area contributed by atoms with E-state index < -0.39 is 0 Å². The summed E-state index contributed by atoms with van der Waals surface area (Å²) in [4.78, 5) is 4.22. The number of nitrogens with two attached hydrogens (primary N) is 1. The van der Waals surface area contributed by atoms with E-state index in [1.165, 1.54) is 11.1 Å². The van der Waals surface area contributed by atoms with Gasteiger partial charge in [-0.25, -0.2) is 4.98 Å². The Morgan fingerprint density at radius 1 is 1.39 bits per heavy atom. The Hall–Kier alpha value is -1.81. The molecule has 2 aromatic rings. The van der Waals surface area contributed by atoms with Gasteiger partial charge in [-0.05, 0) is 23.6 Å². The van der Waals surface area contributed by atoms with E-state index in [0.29, 0.717) is 6.54 Å². The van der Waals surface area contributed by atoms with Crippen LogP contribution in [0.4, 0.5) is 0 Å². The van der Waals surface area contributed by atoms with Crippen LogP contribution in [0.15, 0.2) is 30.7 Å². The molecule has 0 radical (unpaired) electrons. The van der Waals surface area contributed by atoms with Crippen molar-refractivity contribution < 1.29 is 4.74 Å². The molecule has 4 nitrogen and oxygen atoms in total. The van der Waals surface area contributed by atoms with E-state index in [1.54, 1.807) is 0 Å². The van der Waals surface area contributed by atoms with Crippen LogP contribution in [0.1, 0.15) is 16.8 Å². The van der Waals surface area contributed by atoms with Gasteiger partial charge in [0.15, 0.2) is 0 Å². The number of ether oxygens (including phenoxy) is 1. The monoisotopic (exact) mass is 243 g/mol. The number of aromatic nitrogens is 2. The molecule has 4 heteroatoms. The van der Waals surface area contributed by atoms with Crippen LogP contribution in [-0.4, -0.2) is 16.2 Å². The van der Waals surface area contributed by atoms with Gasteiger partial charge in [-0.3, -0.25) is 0 Å². The summed E-state index contributed by atoms with van der Waals surface area (Å²) < 4.78 is 7.59. The maximum Gasteiger partial charge on any atom is 0.122 e. The minimum Gasteiger partial charge on any atom is -0.493 e. The molecule has 2 N–H and O–H groups in total. The second kappa shape index (κ2) is 4.82. The zero-order valence-electron chi connectivity index (χ0n) is 10.3. The molecule has 3 rings (SSSR count). The van der Waals surface area contributed by atoms with Crippen LogP contribution in [-0.2, 0) is 25.9 Å². The standard InChI is InChI=1S/C14H17N3O/c15-8-13-9-17(10-16-13)5-3-11-1-2-14-12(7-11)4-6-18-14/h1-2,7,9-10H,3-6,8,15H2. The predicted octanol–water partition coefficient (Wildman–Crippen LogP) is 1.52. The smallest absolute Gasteiger partial charge is 0.122 e. The highest BCUT2D eigenvalue weighted by Gasteiger charge is 2.11. The Kier molecular flexibility index (Phi) is 3.02. The molecule has 2 heterocycles. The zero-order valence-corrected chi connectivity index (χ0v) is 10.3. The number of benzene rings is 1. The Balaban J connectivity index is 1.66. The molecule has 1 aromatic carbocycles. The maximum atomic E-state index is 5.54. The van der Waals surface area contributed by atoms with Gasteiger partial charge in [-0.15, -0.1) is 0 Å². The lowest BCUT2D eigenvalue weighted by atomic mass is 10.1. The molecule has 0 bridgehead atoms. The highest BCUT2D eigenvalue weighted by Crippen LogP contribution is 2.26. The van der Waals surface area contributed by atoms with Gasteiger partial charge in [-0.2, -0.15) is 0 Å². The predicted molar refractivity (Wildman–Crippen MR) is 69.5 cm³/mol. The van der Waals surface area contributed by atoms with Gasteiger partial charge in [0.2, 0.25) is 0 Å². The summed E-state index contributed by atoms with van der Waals surface area (Å²) in [5, 5.41) is 0. The first-order valence-corrected chi connectivity index (χ1v) is 6.30. The summed E-state index contributed by atoms with van der Waals surface area (Å²) in [5.41, 5.74) is 9.17. The van der Waals surface area contributed by atoms with Crippen molar-refractivity contribution in [3.05, 3.63) is 47.5 Å². The second-order valence-corrected chi connectivity index (χ2v) is 4.60. The third-order valence-electron chi connectivity index (χ3n) is 3.31. The third kappa shape index (κ3) is 2.24. The first-order valence-electron chi connectivity index (χ1n) is 6.30. The van der Waals surface area contributed by atoms with Crippen molar-refractivity contribution in [2.75, 3.05) is 6.61 Å². The third-order valence-corrected chi connectivity index (χ3v) is 3.31. The maximum absolute atomic E-state index is 5.54. The molecule has 0 unspecified atom stereocenters. The Morgan fingerprint density at radius 2 is 2.33 bits per heavy atom. The molecule has 1 aliphatic rings. The molecular formula is C14H17N3O. The number of hydrogen-bond donors (Lipinski definition) is 1. The first-order chi connectivity index (χ1) is 8.85. The van der Waals surface area contributed by atoms with Crippen molar-refractivity contribution in [1.82, 2.24) is 9.55 Å².